The number of nitrogens with two attached hydrogens (primary N) is 1. The smallest absolute Gasteiger partial charge is 0.338 e. The van der Waals surface area contributed by atoms with Gasteiger partial charge in [-0.2, -0.15) is 0 Å². The number of ether oxygens (including phenoxy) is 1. The number of primary sulfonamides is 1. The van der Waals surface area contributed by atoms with Crippen molar-refractivity contribution in [3.8, 4) is 0 Å². The molecule has 0 saturated heterocycles. The number of carbonyl (C=O) groups is 1. The lowest BCUT2D eigenvalue weighted by Crippen LogP contribution is -2.15. The first-order valence-corrected chi connectivity index (χ1v) is 7.77. The molecule has 5 nitrogen and oxygen atoms in total. The Bertz CT molecular complexity index is 754. The van der Waals surface area contributed by atoms with Crippen LogP contribution in [0.5, 0.6) is 0 Å². The molecule has 2 aromatic carbocycles. The summed E-state index contributed by atoms with van der Waals surface area (Å²) >= 11 is 0. The summed E-state index contributed by atoms with van der Waals surface area (Å²) in [5, 5.41) is 5.11. The van der Waals surface area contributed by atoms with Gasteiger partial charge >= 0.3 is 5.97 Å². The second kappa shape index (κ2) is 6.07. The van der Waals surface area contributed by atoms with E-state index in [1.165, 1.54) is 18.2 Å². The average Bonchev–Trinajstić information content (AvgIpc) is 2.45. The molecule has 0 fully saturated rings. The van der Waals surface area contributed by atoms with E-state index < -0.39 is 16.0 Å². The number of benzene rings is 2. The Kier molecular flexibility index (Phi) is 4.40. The first-order chi connectivity index (χ1) is 9.88. The molecule has 0 aliphatic heterocycles. The van der Waals surface area contributed by atoms with Gasteiger partial charge in [-0.1, -0.05) is 36.4 Å². The highest BCUT2D eigenvalue weighted by molar-refractivity contribution is 7.89. The normalized spacial score (nSPS) is 11.1. The van der Waals surface area contributed by atoms with Crippen LogP contribution in [0.2, 0.25) is 0 Å². The Morgan fingerprint density at radius 2 is 1.81 bits per heavy atom. The van der Waals surface area contributed by atoms with E-state index in [2.05, 4.69) is 0 Å². The van der Waals surface area contributed by atoms with Crippen molar-refractivity contribution in [1.82, 2.24) is 0 Å². The summed E-state index contributed by atoms with van der Waals surface area (Å²) < 4.78 is 28.0. The van der Waals surface area contributed by atoms with Crippen molar-refractivity contribution in [3.63, 3.8) is 0 Å². The van der Waals surface area contributed by atoms with Crippen LogP contribution in [0.4, 0.5) is 0 Å². The zero-order valence-corrected chi connectivity index (χ0v) is 12.3. The number of hydrogen-bond acceptors (Lipinski definition) is 4. The van der Waals surface area contributed by atoms with E-state index in [1.807, 2.05) is 30.3 Å². The van der Waals surface area contributed by atoms with Crippen LogP contribution in [-0.2, 0) is 21.4 Å². The van der Waals surface area contributed by atoms with Gasteiger partial charge in [-0.3, -0.25) is 0 Å². The molecule has 0 radical (unpaired) electrons. The molecule has 0 saturated carbocycles. The van der Waals surface area contributed by atoms with Crippen LogP contribution >= 0.6 is 0 Å². The van der Waals surface area contributed by atoms with E-state index in [-0.39, 0.29) is 17.1 Å². The summed E-state index contributed by atoms with van der Waals surface area (Å²) in [6, 6.07) is 13.5. The molecule has 0 heterocycles. The lowest BCUT2D eigenvalue weighted by molar-refractivity contribution is 0.0472. The van der Waals surface area contributed by atoms with Crippen molar-refractivity contribution in [2.24, 2.45) is 5.14 Å². The molecule has 0 spiro atoms. The van der Waals surface area contributed by atoms with Crippen LogP contribution in [0.15, 0.2) is 53.4 Å². The molecule has 2 rings (SSSR count). The van der Waals surface area contributed by atoms with E-state index in [1.54, 1.807) is 6.92 Å². The minimum absolute atomic E-state index is 0.0725. The summed E-state index contributed by atoms with van der Waals surface area (Å²) in [5.74, 6) is -0.594. The third-order valence-corrected chi connectivity index (χ3v) is 4.00. The van der Waals surface area contributed by atoms with E-state index in [0.29, 0.717) is 5.56 Å². The maximum absolute atomic E-state index is 12.0. The van der Waals surface area contributed by atoms with Crippen LogP contribution in [0.3, 0.4) is 0 Å². The molecule has 110 valence electrons. The zero-order valence-electron chi connectivity index (χ0n) is 11.4. The largest absolute Gasteiger partial charge is 0.457 e. The molecular formula is C15H15NO4S. The Morgan fingerprint density at radius 3 is 2.43 bits per heavy atom. The van der Waals surface area contributed by atoms with Crippen molar-refractivity contribution in [1.29, 1.82) is 0 Å². The fourth-order valence-electron chi connectivity index (χ4n) is 1.84. The van der Waals surface area contributed by atoms with Gasteiger partial charge in [0.25, 0.3) is 0 Å². The maximum atomic E-state index is 12.0. The molecule has 0 atom stereocenters. The Labute approximate surface area is 123 Å². The maximum Gasteiger partial charge on any atom is 0.338 e. The quantitative estimate of drug-likeness (QED) is 0.875. The van der Waals surface area contributed by atoms with Gasteiger partial charge in [0, 0.05) is 0 Å². The third kappa shape index (κ3) is 3.90. The third-order valence-electron chi connectivity index (χ3n) is 2.94. The molecule has 0 aliphatic rings. The van der Waals surface area contributed by atoms with Crippen LogP contribution in [0.1, 0.15) is 21.5 Å². The van der Waals surface area contributed by atoms with E-state index >= 15 is 0 Å². The summed E-state index contributed by atoms with van der Waals surface area (Å²) in [5.41, 5.74) is 1.49. The monoisotopic (exact) mass is 305 g/mol. The summed E-state index contributed by atoms with van der Waals surface area (Å²) in [6.45, 7) is 1.73. The highest BCUT2D eigenvalue weighted by Gasteiger charge is 2.16. The molecule has 2 N–H and O–H groups in total. The molecule has 0 bridgehead atoms. The van der Waals surface area contributed by atoms with Crippen molar-refractivity contribution < 1.29 is 17.9 Å². The lowest BCUT2D eigenvalue weighted by Gasteiger charge is -2.08. The SMILES string of the molecule is Cc1ccc(C(=O)OCc2ccccc2)cc1S(N)(=O)=O. The number of aryl methyl sites for hydroxylation is 1. The van der Waals surface area contributed by atoms with Crippen LogP contribution in [0, 0.1) is 6.92 Å². The number of rotatable bonds is 4. The van der Waals surface area contributed by atoms with E-state index in [9.17, 15) is 13.2 Å². The summed E-state index contributed by atoms with van der Waals surface area (Å²) in [7, 11) is -3.86. The molecule has 6 heteroatoms. The molecule has 2 aromatic rings. The Morgan fingerprint density at radius 1 is 1.14 bits per heavy atom. The Balaban J connectivity index is 2.17. The molecule has 21 heavy (non-hydrogen) atoms. The molecule has 0 aliphatic carbocycles. The average molecular weight is 305 g/mol. The predicted molar refractivity (Wildman–Crippen MR) is 78.1 cm³/mol. The first kappa shape index (κ1) is 15.2. The highest BCUT2D eigenvalue weighted by Crippen LogP contribution is 2.16. The van der Waals surface area contributed by atoms with Crippen LogP contribution in [-0.4, -0.2) is 14.4 Å². The number of hydrogen-bond donors (Lipinski definition) is 1. The number of carbonyl (C=O) groups excluding carboxylic acids is 1. The second-order valence-electron chi connectivity index (χ2n) is 4.59. The van der Waals surface area contributed by atoms with Crippen LogP contribution < -0.4 is 5.14 Å². The van der Waals surface area contributed by atoms with Crippen molar-refractivity contribution >= 4 is 16.0 Å². The van der Waals surface area contributed by atoms with Crippen molar-refractivity contribution in [2.45, 2.75) is 18.4 Å². The molecule has 0 unspecified atom stereocenters. The van der Waals surface area contributed by atoms with E-state index in [0.717, 1.165) is 5.56 Å². The number of esters is 1. The fraction of sp³-hybridized carbons (Fsp3) is 0.133. The van der Waals surface area contributed by atoms with Gasteiger partial charge in [-0.25, -0.2) is 18.4 Å². The molecular weight excluding hydrogens is 290 g/mol. The zero-order chi connectivity index (χ0) is 15.5. The topological polar surface area (TPSA) is 86.5 Å². The number of sulfonamides is 1. The van der Waals surface area contributed by atoms with Crippen molar-refractivity contribution in [2.75, 3.05) is 0 Å². The van der Waals surface area contributed by atoms with Gasteiger partial charge in [-0.05, 0) is 30.2 Å². The van der Waals surface area contributed by atoms with Gasteiger partial charge in [-0.15, -0.1) is 0 Å². The first-order valence-electron chi connectivity index (χ1n) is 6.22. The van der Waals surface area contributed by atoms with Gasteiger partial charge in [0.05, 0.1) is 10.5 Å². The summed E-state index contributed by atoms with van der Waals surface area (Å²) in [4.78, 5) is 11.9. The predicted octanol–water partition coefficient (Wildman–Crippen LogP) is 2.00. The minimum atomic E-state index is -3.86. The van der Waals surface area contributed by atoms with Crippen molar-refractivity contribution in [3.05, 3.63) is 65.2 Å². The van der Waals surface area contributed by atoms with Gasteiger partial charge < -0.3 is 4.74 Å². The van der Waals surface area contributed by atoms with Gasteiger partial charge in [0.15, 0.2) is 0 Å². The lowest BCUT2D eigenvalue weighted by atomic mass is 10.1. The fourth-order valence-corrected chi connectivity index (χ4v) is 2.65. The Hall–Kier alpha value is -2.18. The van der Waals surface area contributed by atoms with Crippen LogP contribution in [0.25, 0.3) is 0 Å². The molecule has 0 aromatic heterocycles. The molecule has 0 amide bonds. The van der Waals surface area contributed by atoms with Gasteiger partial charge in [0.1, 0.15) is 6.61 Å². The second-order valence-corrected chi connectivity index (χ2v) is 6.12. The highest BCUT2D eigenvalue weighted by atomic mass is 32.2. The van der Waals surface area contributed by atoms with Gasteiger partial charge in [0.2, 0.25) is 10.0 Å². The minimum Gasteiger partial charge on any atom is -0.457 e. The standard InChI is InChI=1S/C15H15NO4S/c1-11-7-8-13(9-14(11)21(16,18)19)15(17)20-10-12-5-3-2-4-6-12/h2-9H,10H2,1H3,(H2,16,18,19). The van der Waals surface area contributed by atoms with E-state index in [4.69, 9.17) is 9.88 Å². The summed E-state index contributed by atoms with van der Waals surface area (Å²) in [6.07, 6.45) is 0.